The first-order chi connectivity index (χ1) is 10.7. The summed E-state index contributed by atoms with van der Waals surface area (Å²) in [5.74, 6) is 0.624. The molecule has 2 atom stereocenters. The third-order valence-electron chi connectivity index (χ3n) is 4.48. The van der Waals surface area contributed by atoms with Crippen LogP contribution >= 0.6 is 0 Å². The van der Waals surface area contributed by atoms with Crippen LogP contribution in [0.2, 0.25) is 0 Å². The highest BCUT2D eigenvalue weighted by molar-refractivity contribution is 5.54. The highest BCUT2D eigenvalue weighted by atomic mass is 15.1. The topological polar surface area (TPSA) is 41.3 Å². The van der Waals surface area contributed by atoms with Gasteiger partial charge in [0.15, 0.2) is 0 Å². The van der Waals surface area contributed by atoms with Gasteiger partial charge in [0.25, 0.3) is 0 Å². The zero-order chi connectivity index (χ0) is 15.4. The average molecular weight is 295 g/mol. The molecular formula is C19H25N3. The predicted octanol–water partition coefficient (Wildman–Crippen LogP) is 3.59. The molecule has 3 nitrogen and oxygen atoms in total. The summed E-state index contributed by atoms with van der Waals surface area (Å²) in [6.07, 6.45) is 1.17. The maximum absolute atomic E-state index is 5.86. The van der Waals surface area contributed by atoms with Crippen LogP contribution in [-0.2, 0) is 6.54 Å². The van der Waals surface area contributed by atoms with Gasteiger partial charge in [-0.3, -0.25) is 4.90 Å². The van der Waals surface area contributed by atoms with Crippen LogP contribution in [0.25, 0.3) is 0 Å². The Morgan fingerprint density at radius 2 is 1.95 bits per heavy atom. The van der Waals surface area contributed by atoms with Gasteiger partial charge in [-0.15, -0.1) is 0 Å². The van der Waals surface area contributed by atoms with Crippen LogP contribution in [0.4, 0.5) is 11.4 Å². The van der Waals surface area contributed by atoms with E-state index in [9.17, 15) is 0 Å². The number of nitrogen functional groups attached to an aromatic ring is 1. The number of piperidine rings is 1. The lowest BCUT2D eigenvalue weighted by Gasteiger charge is -2.37. The minimum Gasteiger partial charge on any atom is -0.399 e. The van der Waals surface area contributed by atoms with E-state index in [0.29, 0.717) is 12.0 Å². The van der Waals surface area contributed by atoms with Crippen molar-refractivity contribution < 1.29 is 0 Å². The van der Waals surface area contributed by atoms with Crippen LogP contribution in [0.15, 0.2) is 54.6 Å². The summed E-state index contributed by atoms with van der Waals surface area (Å²) in [7, 11) is 0. The van der Waals surface area contributed by atoms with Gasteiger partial charge in [-0.05, 0) is 36.1 Å². The molecule has 0 aromatic heterocycles. The van der Waals surface area contributed by atoms with Gasteiger partial charge in [0.05, 0.1) is 0 Å². The lowest BCUT2D eigenvalue weighted by atomic mass is 9.93. The Morgan fingerprint density at radius 3 is 2.68 bits per heavy atom. The molecule has 3 rings (SSSR count). The van der Waals surface area contributed by atoms with Crippen molar-refractivity contribution in [1.82, 2.24) is 4.90 Å². The molecule has 0 amide bonds. The third kappa shape index (κ3) is 3.80. The number of rotatable bonds is 4. The summed E-state index contributed by atoms with van der Waals surface area (Å²) in [6, 6.07) is 19.3. The molecule has 0 bridgehead atoms. The molecule has 1 aliphatic heterocycles. The second kappa shape index (κ2) is 6.84. The van der Waals surface area contributed by atoms with E-state index in [4.69, 9.17) is 5.73 Å². The quantitative estimate of drug-likeness (QED) is 0.847. The number of benzene rings is 2. The Balaban J connectivity index is 1.56. The van der Waals surface area contributed by atoms with Gasteiger partial charge in [-0.25, -0.2) is 0 Å². The van der Waals surface area contributed by atoms with E-state index in [-0.39, 0.29) is 0 Å². The first kappa shape index (κ1) is 14.9. The fourth-order valence-electron chi connectivity index (χ4n) is 3.27. The lowest BCUT2D eigenvalue weighted by molar-refractivity contribution is 0.165. The van der Waals surface area contributed by atoms with Crippen LogP contribution < -0.4 is 11.1 Å². The van der Waals surface area contributed by atoms with Crippen molar-refractivity contribution in [3.63, 3.8) is 0 Å². The van der Waals surface area contributed by atoms with Gasteiger partial charge in [-0.1, -0.05) is 43.3 Å². The molecule has 2 aromatic rings. The molecule has 1 fully saturated rings. The monoisotopic (exact) mass is 295 g/mol. The van der Waals surface area contributed by atoms with E-state index in [1.54, 1.807) is 0 Å². The largest absolute Gasteiger partial charge is 0.399 e. The Morgan fingerprint density at radius 1 is 1.14 bits per heavy atom. The molecule has 1 saturated heterocycles. The van der Waals surface area contributed by atoms with Gasteiger partial charge < -0.3 is 11.1 Å². The Labute approximate surface area is 133 Å². The highest BCUT2D eigenvalue weighted by Crippen LogP contribution is 2.23. The summed E-state index contributed by atoms with van der Waals surface area (Å²) in [5.41, 5.74) is 9.21. The van der Waals surface area contributed by atoms with E-state index in [1.807, 2.05) is 18.2 Å². The van der Waals surface area contributed by atoms with Gasteiger partial charge >= 0.3 is 0 Å². The number of anilines is 2. The molecule has 3 heteroatoms. The zero-order valence-corrected chi connectivity index (χ0v) is 13.2. The maximum atomic E-state index is 5.86. The van der Waals surface area contributed by atoms with Gasteiger partial charge in [0, 0.05) is 37.1 Å². The number of hydrogen-bond donors (Lipinski definition) is 2. The van der Waals surface area contributed by atoms with Crippen LogP contribution in [0, 0.1) is 5.92 Å². The summed E-state index contributed by atoms with van der Waals surface area (Å²) in [4.78, 5) is 2.55. The Kier molecular flexibility index (Phi) is 4.64. The van der Waals surface area contributed by atoms with Crippen molar-refractivity contribution in [2.24, 2.45) is 5.92 Å². The Hall–Kier alpha value is -2.00. The number of nitrogens with zero attached hydrogens (tertiary/aromatic N) is 1. The van der Waals surface area contributed by atoms with Crippen molar-refractivity contribution >= 4 is 11.4 Å². The van der Waals surface area contributed by atoms with Gasteiger partial charge in [0.2, 0.25) is 0 Å². The van der Waals surface area contributed by atoms with Gasteiger partial charge in [-0.2, -0.15) is 0 Å². The Bertz CT molecular complexity index is 597. The molecule has 1 heterocycles. The first-order valence-electron chi connectivity index (χ1n) is 8.09. The SMILES string of the molecule is CC1CN(Cc2ccccc2)CCC1Nc1cccc(N)c1. The molecule has 0 spiro atoms. The van der Waals surface area contributed by atoms with Crippen LogP contribution in [-0.4, -0.2) is 24.0 Å². The smallest absolute Gasteiger partial charge is 0.0363 e. The molecule has 0 saturated carbocycles. The van der Waals surface area contributed by atoms with E-state index in [1.165, 1.54) is 12.0 Å². The number of likely N-dealkylation sites (tertiary alicyclic amines) is 1. The molecule has 0 aliphatic carbocycles. The molecule has 2 unspecified atom stereocenters. The third-order valence-corrected chi connectivity index (χ3v) is 4.48. The van der Waals surface area contributed by atoms with Crippen molar-refractivity contribution in [1.29, 1.82) is 0 Å². The fourth-order valence-corrected chi connectivity index (χ4v) is 3.27. The maximum Gasteiger partial charge on any atom is 0.0363 e. The standard InChI is InChI=1S/C19H25N3/c1-15-13-22(14-16-6-3-2-4-7-16)11-10-19(15)21-18-9-5-8-17(20)12-18/h2-9,12,15,19,21H,10-11,13-14,20H2,1H3. The zero-order valence-electron chi connectivity index (χ0n) is 13.2. The molecule has 22 heavy (non-hydrogen) atoms. The molecule has 1 aliphatic rings. The van der Waals surface area contributed by atoms with E-state index < -0.39 is 0 Å². The first-order valence-corrected chi connectivity index (χ1v) is 8.09. The summed E-state index contributed by atoms with van der Waals surface area (Å²) < 4.78 is 0. The summed E-state index contributed by atoms with van der Waals surface area (Å²) in [6.45, 7) is 5.66. The lowest BCUT2D eigenvalue weighted by Crippen LogP contribution is -2.44. The number of hydrogen-bond acceptors (Lipinski definition) is 3. The van der Waals surface area contributed by atoms with Crippen molar-refractivity contribution in [3.8, 4) is 0 Å². The average Bonchev–Trinajstić information content (AvgIpc) is 2.51. The van der Waals surface area contributed by atoms with Crippen molar-refractivity contribution in [2.75, 3.05) is 24.1 Å². The fraction of sp³-hybridized carbons (Fsp3) is 0.368. The van der Waals surface area contributed by atoms with E-state index in [0.717, 1.165) is 31.0 Å². The molecule has 116 valence electrons. The number of nitrogens with two attached hydrogens (primary N) is 1. The summed E-state index contributed by atoms with van der Waals surface area (Å²) >= 11 is 0. The van der Waals surface area contributed by atoms with E-state index >= 15 is 0 Å². The minimum atomic E-state index is 0.522. The normalized spacial score (nSPS) is 22.4. The van der Waals surface area contributed by atoms with Crippen molar-refractivity contribution in [2.45, 2.75) is 25.9 Å². The van der Waals surface area contributed by atoms with E-state index in [2.05, 4.69) is 53.5 Å². The van der Waals surface area contributed by atoms with Crippen LogP contribution in [0.5, 0.6) is 0 Å². The molecule has 2 aromatic carbocycles. The highest BCUT2D eigenvalue weighted by Gasteiger charge is 2.25. The molecule has 3 N–H and O–H groups in total. The summed E-state index contributed by atoms with van der Waals surface area (Å²) in [5, 5.41) is 3.65. The second-order valence-electron chi connectivity index (χ2n) is 6.36. The van der Waals surface area contributed by atoms with Crippen LogP contribution in [0.1, 0.15) is 18.9 Å². The second-order valence-corrected chi connectivity index (χ2v) is 6.36. The number of nitrogens with one attached hydrogen (secondary N) is 1. The van der Waals surface area contributed by atoms with Gasteiger partial charge in [0.1, 0.15) is 0 Å². The van der Waals surface area contributed by atoms with Crippen molar-refractivity contribution in [3.05, 3.63) is 60.2 Å². The molecule has 0 radical (unpaired) electrons. The molecular weight excluding hydrogens is 270 g/mol. The van der Waals surface area contributed by atoms with Crippen LogP contribution in [0.3, 0.4) is 0 Å². The predicted molar refractivity (Wildman–Crippen MR) is 93.8 cm³/mol. The minimum absolute atomic E-state index is 0.522.